The van der Waals surface area contributed by atoms with E-state index in [1.54, 1.807) is 0 Å². The van der Waals surface area contributed by atoms with E-state index in [0.717, 1.165) is 28.1 Å². The lowest BCUT2D eigenvalue weighted by molar-refractivity contribution is -0.114. The molecule has 8 heteroatoms. The second-order valence-electron chi connectivity index (χ2n) is 5.12. The molecule has 1 aromatic heterocycles. The quantitative estimate of drug-likeness (QED) is 0.743. The molecule has 2 rings (SSSR count). The minimum absolute atomic E-state index is 0.133. The van der Waals surface area contributed by atoms with Gasteiger partial charge in [-0.1, -0.05) is 6.07 Å². The van der Waals surface area contributed by atoms with Crippen LogP contribution in [0.3, 0.4) is 0 Å². The van der Waals surface area contributed by atoms with Gasteiger partial charge in [-0.3, -0.25) is 4.79 Å². The summed E-state index contributed by atoms with van der Waals surface area (Å²) >= 11 is 0. The van der Waals surface area contributed by atoms with Crippen molar-refractivity contribution in [3.05, 3.63) is 34.8 Å². The molecule has 0 radical (unpaired) electrons. The standard InChI is InChI=1S/C15H17N7O/c1-8-5-9(2)14(18-11(4)23)10(3)13(8)17-7-12(6-16)15-19-21-22-20-15/h5,7,17H,1-4H3,(H,18,23)(H,19,20,21,22). The maximum absolute atomic E-state index is 11.4. The highest BCUT2D eigenvalue weighted by atomic mass is 16.1. The molecule has 0 saturated heterocycles. The summed E-state index contributed by atoms with van der Waals surface area (Å²) in [6.07, 6.45) is 1.52. The molecular weight excluding hydrogens is 294 g/mol. The topological polar surface area (TPSA) is 119 Å². The van der Waals surface area contributed by atoms with Crippen LogP contribution in [0, 0.1) is 32.1 Å². The zero-order valence-electron chi connectivity index (χ0n) is 13.4. The lowest BCUT2D eigenvalue weighted by atomic mass is 10.0. The number of aromatic nitrogens is 4. The van der Waals surface area contributed by atoms with Crippen LogP contribution in [0.25, 0.3) is 5.57 Å². The number of aromatic amines is 1. The Hall–Kier alpha value is -3.21. The number of rotatable bonds is 4. The number of nitrogens with one attached hydrogen (secondary N) is 3. The fourth-order valence-electron chi connectivity index (χ4n) is 2.34. The molecule has 0 aliphatic rings. The number of carbonyl (C=O) groups excluding carboxylic acids is 1. The van der Waals surface area contributed by atoms with Crippen LogP contribution < -0.4 is 10.6 Å². The van der Waals surface area contributed by atoms with Crippen LogP contribution in [0.1, 0.15) is 29.4 Å². The van der Waals surface area contributed by atoms with Crippen molar-refractivity contribution in [3.8, 4) is 6.07 Å². The minimum Gasteiger partial charge on any atom is -0.360 e. The molecule has 1 amide bonds. The van der Waals surface area contributed by atoms with Crippen molar-refractivity contribution in [1.29, 1.82) is 5.26 Å². The monoisotopic (exact) mass is 311 g/mol. The van der Waals surface area contributed by atoms with Crippen molar-refractivity contribution in [2.24, 2.45) is 0 Å². The van der Waals surface area contributed by atoms with Gasteiger partial charge in [-0.15, -0.1) is 10.2 Å². The number of amides is 1. The zero-order valence-corrected chi connectivity index (χ0v) is 13.4. The minimum atomic E-state index is -0.133. The molecule has 0 aliphatic heterocycles. The number of carbonyl (C=O) groups is 1. The summed E-state index contributed by atoms with van der Waals surface area (Å²) in [5, 5.41) is 28.4. The summed E-state index contributed by atoms with van der Waals surface area (Å²) in [6, 6.07) is 3.98. The van der Waals surface area contributed by atoms with Gasteiger partial charge in [0.15, 0.2) is 0 Å². The van der Waals surface area contributed by atoms with Crippen LogP contribution in [-0.4, -0.2) is 26.5 Å². The van der Waals surface area contributed by atoms with E-state index in [1.807, 2.05) is 32.9 Å². The third kappa shape index (κ3) is 3.52. The Balaban J connectivity index is 2.40. The third-order valence-electron chi connectivity index (χ3n) is 3.34. The molecular formula is C15H17N7O. The van der Waals surface area contributed by atoms with E-state index in [2.05, 4.69) is 31.3 Å². The van der Waals surface area contributed by atoms with Crippen LogP contribution in [0.15, 0.2) is 12.3 Å². The van der Waals surface area contributed by atoms with Gasteiger partial charge in [0.25, 0.3) is 0 Å². The fraction of sp³-hybridized carbons (Fsp3) is 0.267. The average Bonchev–Trinajstić information content (AvgIpc) is 3.01. The Labute approximate surface area is 133 Å². The van der Waals surface area contributed by atoms with Gasteiger partial charge in [0, 0.05) is 24.5 Å². The van der Waals surface area contributed by atoms with Crippen LogP contribution in [0.5, 0.6) is 0 Å². The van der Waals surface area contributed by atoms with Crippen LogP contribution in [-0.2, 0) is 4.79 Å². The highest BCUT2D eigenvalue weighted by Crippen LogP contribution is 2.31. The summed E-state index contributed by atoms with van der Waals surface area (Å²) in [6.45, 7) is 7.26. The van der Waals surface area contributed by atoms with Crippen LogP contribution in [0.2, 0.25) is 0 Å². The number of hydrogen-bond acceptors (Lipinski definition) is 6. The molecule has 0 unspecified atom stereocenters. The molecule has 0 bridgehead atoms. The van der Waals surface area contributed by atoms with Crippen LogP contribution in [0.4, 0.5) is 11.4 Å². The molecule has 0 spiro atoms. The smallest absolute Gasteiger partial charge is 0.221 e. The number of nitriles is 1. The number of H-pyrrole nitrogens is 1. The van der Waals surface area contributed by atoms with E-state index in [0.29, 0.717) is 0 Å². The summed E-state index contributed by atoms with van der Waals surface area (Å²) in [4.78, 5) is 11.4. The normalized spacial score (nSPS) is 11.0. The molecule has 0 saturated carbocycles. The number of anilines is 2. The lowest BCUT2D eigenvalue weighted by Gasteiger charge is -2.17. The highest BCUT2D eigenvalue weighted by molar-refractivity contribution is 5.92. The van der Waals surface area contributed by atoms with Gasteiger partial charge >= 0.3 is 0 Å². The first-order chi connectivity index (χ1) is 10.9. The molecule has 3 N–H and O–H groups in total. The Kier molecular flexibility index (Phi) is 4.71. The first-order valence-corrected chi connectivity index (χ1v) is 6.93. The molecule has 1 aromatic carbocycles. The summed E-state index contributed by atoms with van der Waals surface area (Å²) in [5.74, 6) is 0.0792. The number of nitrogens with zero attached hydrogens (tertiary/aromatic N) is 4. The first-order valence-electron chi connectivity index (χ1n) is 6.93. The Morgan fingerprint density at radius 2 is 2.00 bits per heavy atom. The third-order valence-corrected chi connectivity index (χ3v) is 3.34. The first kappa shape index (κ1) is 16.2. The van der Waals surface area contributed by atoms with Gasteiger partial charge in [0.2, 0.25) is 11.7 Å². The van der Waals surface area contributed by atoms with E-state index in [4.69, 9.17) is 0 Å². The van der Waals surface area contributed by atoms with Crippen molar-refractivity contribution in [2.45, 2.75) is 27.7 Å². The van der Waals surface area contributed by atoms with E-state index in [1.165, 1.54) is 13.1 Å². The van der Waals surface area contributed by atoms with E-state index < -0.39 is 0 Å². The molecule has 0 aliphatic carbocycles. The Morgan fingerprint density at radius 1 is 1.30 bits per heavy atom. The zero-order chi connectivity index (χ0) is 17.0. The van der Waals surface area contributed by atoms with Crippen molar-refractivity contribution < 1.29 is 4.79 Å². The fourth-order valence-corrected chi connectivity index (χ4v) is 2.34. The average molecular weight is 311 g/mol. The molecule has 23 heavy (non-hydrogen) atoms. The molecule has 118 valence electrons. The van der Waals surface area contributed by atoms with Gasteiger partial charge in [-0.2, -0.15) is 10.5 Å². The second-order valence-corrected chi connectivity index (χ2v) is 5.12. The van der Waals surface area contributed by atoms with Gasteiger partial charge in [-0.25, -0.2) is 0 Å². The molecule has 8 nitrogen and oxygen atoms in total. The number of benzene rings is 1. The maximum Gasteiger partial charge on any atom is 0.221 e. The predicted octanol–water partition coefficient (Wildman–Crippen LogP) is 2.06. The maximum atomic E-state index is 11.4. The molecule has 2 aromatic rings. The van der Waals surface area contributed by atoms with Gasteiger partial charge < -0.3 is 10.6 Å². The molecule has 1 heterocycles. The summed E-state index contributed by atoms with van der Waals surface area (Å²) in [7, 11) is 0. The van der Waals surface area contributed by atoms with E-state index in [9.17, 15) is 10.1 Å². The molecule has 0 fully saturated rings. The SMILES string of the molecule is CC(=O)Nc1c(C)cc(C)c(NC=C(C#N)c2nn[nH]n2)c1C. The van der Waals surface area contributed by atoms with Gasteiger partial charge in [0.05, 0.1) is 0 Å². The van der Waals surface area contributed by atoms with Gasteiger partial charge in [0.1, 0.15) is 11.6 Å². The van der Waals surface area contributed by atoms with Crippen molar-refractivity contribution in [2.75, 3.05) is 10.6 Å². The molecule has 0 atom stereocenters. The predicted molar refractivity (Wildman–Crippen MR) is 86.3 cm³/mol. The Bertz CT molecular complexity index is 800. The number of allylic oxidation sites excluding steroid dienone is 1. The van der Waals surface area contributed by atoms with Gasteiger partial charge in [-0.05, 0) is 42.7 Å². The van der Waals surface area contributed by atoms with E-state index >= 15 is 0 Å². The van der Waals surface area contributed by atoms with Crippen molar-refractivity contribution in [1.82, 2.24) is 20.6 Å². The Morgan fingerprint density at radius 3 is 2.57 bits per heavy atom. The number of hydrogen-bond donors (Lipinski definition) is 3. The largest absolute Gasteiger partial charge is 0.360 e. The highest BCUT2D eigenvalue weighted by Gasteiger charge is 2.12. The number of tetrazole rings is 1. The summed E-state index contributed by atoms with van der Waals surface area (Å²) < 4.78 is 0. The van der Waals surface area contributed by atoms with E-state index in [-0.39, 0.29) is 17.3 Å². The second kappa shape index (κ2) is 6.70. The van der Waals surface area contributed by atoms with Crippen molar-refractivity contribution in [3.63, 3.8) is 0 Å². The summed E-state index contributed by atoms with van der Waals surface area (Å²) in [5.41, 5.74) is 4.69. The number of aryl methyl sites for hydroxylation is 2. The van der Waals surface area contributed by atoms with Crippen molar-refractivity contribution >= 4 is 22.9 Å². The lowest BCUT2D eigenvalue weighted by Crippen LogP contribution is -2.10. The van der Waals surface area contributed by atoms with Crippen LogP contribution >= 0.6 is 0 Å².